The molecule has 28 heavy (non-hydrogen) atoms. The smallest absolute Gasteiger partial charge is 0.327 e. The highest BCUT2D eigenvalue weighted by Gasteiger charge is 2.45. The fourth-order valence-electron chi connectivity index (χ4n) is 4.25. The first-order valence-corrected chi connectivity index (χ1v) is 10.1. The second kappa shape index (κ2) is 7.28. The van der Waals surface area contributed by atoms with Crippen molar-refractivity contribution in [2.75, 3.05) is 32.8 Å². The van der Waals surface area contributed by atoms with Crippen LogP contribution >= 0.6 is 0 Å². The first-order chi connectivity index (χ1) is 13.3. The standard InChI is InChI=1S/C21H29N3O4/c1-21(2,3)23-13-19(25)24(20(23)26)15-7-6-10-22(11-15)12-16-14-27-17-8-4-5-9-18(17)28-16/h4-5,8-9,15-16H,6-7,10-14H2,1-3H3/t15-,16-/m0/s1. The van der Waals surface area contributed by atoms with Gasteiger partial charge in [-0.3, -0.25) is 14.6 Å². The van der Waals surface area contributed by atoms with Crippen LogP contribution in [-0.2, 0) is 4.79 Å². The number of nitrogens with zero attached hydrogens (tertiary/aromatic N) is 3. The third-order valence-corrected chi connectivity index (χ3v) is 5.68. The molecule has 2 saturated heterocycles. The van der Waals surface area contributed by atoms with Gasteiger partial charge in [0, 0.05) is 18.6 Å². The molecule has 3 amide bonds. The van der Waals surface area contributed by atoms with Gasteiger partial charge in [0.25, 0.3) is 5.91 Å². The normalized spacial score (nSPS) is 26.1. The molecule has 3 aliphatic heterocycles. The van der Waals surface area contributed by atoms with Gasteiger partial charge in [-0.25, -0.2) is 4.79 Å². The van der Waals surface area contributed by atoms with E-state index in [-0.39, 0.29) is 36.2 Å². The second-order valence-corrected chi connectivity index (χ2v) is 8.86. The summed E-state index contributed by atoms with van der Waals surface area (Å²) in [6.45, 7) is 8.94. The topological polar surface area (TPSA) is 62.3 Å². The number of rotatable bonds is 3. The SMILES string of the molecule is CC(C)(C)N1CC(=O)N([C@H]2CCCN(C[C@H]3COc4ccccc4O3)C2)C1=O. The highest BCUT2D eigenvalue weighted by Crippen LogP contribution is 2.32. The summed E-state index contributed by atoms with van der Waals surface area (Å²) in [4.78, 5) is 30.9. The molecule has 0 aliphatic carbocycles. The molecule has 1 aromatic rings. The van der Waals surface area contributed by atoms with Crippen LogP contribution in [0.5, 0.6) is 11.5 Å². The van der Waals surface area contributed by atoms with Crippen molar-refractivity contribution in [2.24, 2.45) is 0 Å². The van der Waals surface area contributed by atoms with Crippen molar-refractivity contribution in [3.63, 3.8) is 0 Å². The number of piperidine rings is 1. The number of likely N-dealkylation sites (tertiary alicyclic amines) is 1. The van der Waals surface area contributed by atoms with E-state index in [2.05, 4.69) is 4.90 Å². The molecular formula is C21H29N3O4. The summed E-state index contributed by atoms with van der Waals surface area (Å²) in [5.41, 5.74) is -0.351. The first kappa shape index (κ1) is 19.1. The molecule has 3 heterocycles. The molecule has 7 heteroatoms. The van der Waals surface area contributed by atoms with Gasteiger partial charge in [0.1, 0.15) is 19.3 Å². The Kier molecular flexibility index (Phi) is 4.95. The summed E-state index contributed by atoms with van der Waals surface area (Å²) in [7, 11) is 0. The van der Waals surface area contributed by atoms with E-state index in [9.17, 15) is 9.59 Å². The predicted octanol–water partition coefficient (Wildman–Crippen LogP) is 2.35. The predicted molar refractivity (Wildman–Crippen MR) is 105 cm³/mol. The van der Waals surface area contributed by atoms with E-state index in [0.29, 0.717) is 13.2 Å². The summed E-state index contributed by atoms with van der Waals surface area (Å²) in [5.74, 6) is 1.47. The number of fused-ring (bicyclic) bond motifs is 1. The van der Waals surface area contributed by atoms with E-state index >= 15 is 0 Å². The molecule has 0 saturated carbocycles. The zero-order valence-electron chi connectivity index (χ0n) is 16.9. The highest BCUT2D eigenvalue weighted by atomic mass is 16.6. The Morgan fingerprint density at radius 1 is 1.14 bits per heavy atom. The van der Waals surface area contributed by atoms with Crippen molar-refractivity contribution in [3.05, 3.63) is 24.3 Å². The zero-order valence-corrected chi connectivity index (χ0v) is 16.9. The number of amides is 3. The molecule has 0 unspecified atom stereocenters. The van der Waals surface area contributed by atoms with Crippen molar-refractivity contribution >= 4 is 11.9 Å². The maximum Gasteiger partial charge on any atom is 0.327 e. The van der Waals surface area contributed by atoms with Crippen molar-refractivity contribution < 1.29 is 19.1 Å². The number of carbonyl (C=O) groups is 2. The Balaban J connectivity index is 1.39. The van der Waals surface area contributed by atoms with Crippen LogP contribution in [0.1, 0.15) is 33.6 Å². The lowest BCUT2D eigenvalue weighted by atomic mass is 10.0. The highest BCUT2D eigenvalue weighted by molar-refractivity contribution is 6.02. The Morgan fingerprint density at radius 2 is 1.89 bits per heavy atom. The first-order valence-electron chi connectivity index (χ1n) is 10.1. The number of urea groups is 1. The number of para-hydroxylation sites is 2. The number of hydrogen-bond acceptors (Lipinski definition) is 5. The Labute approximate surface area is 166 Å². The fourth-order valence-corrected chi connectivity index (χ4v) is 4.25. The molecule has 0 bridgehead atoms. The molecule has 4 rings (SSSR count). The molecule has 0 aromatic heterocycles. The van der Waals surface area contributed by atoms with Crippen molar-refractivity contribution in [3.8, 4) is 11.5 Å². The van der Waals surface area contributed by atoms with Gasteiger partial charge < -0.3 is 14.4 Å². The number of ether oxygens (including phenoxy) is 2. The summed E-state index contributed by atoms with van der Waals surface area (Å²) < 4.78 is 11.9. The van der Waals surface area contributed by atoms with Crippen LogP contribution in [0.15, 0.2) is 24.3 Å². The maximum atomic E-state index is 12.9. The summed E-state index contributed by atoms with van der Waals surface area (Å²) in [5, 5.41) is 0. The lowest BCUT2D eigenvalue weighted by Crippen LogP contribution is -2.54. The minimum Gasteiger partial charge on any atom is -0.486 e. The monoisotopic (exact) mass is 387 g/mol. The summed E-state index contributed by atoms with van der Waals surface area (Å²) in [6.07, 6.45) is 1.77. The van der Waals surface area contributed by atoms with Crippen molar-refractivity contribution in [1.82, 2.24) is 14.7 Å². The van der Waals surface area contributed by atoms with E-state index in [1.165, 1.54) is 4.90 Å². The lowest BCUT2D eigenvalue weighted by Gasteiger charge is -2.39. The maximum absolute atomic E-state index is 12.9. The van der Waals surface area contributed by atoms with Crippen molar-refractivity contribution in [2.45, 2.75) is 51.3 Å². The van der Waals surface area contributed by atoms with Gasteiger partial charge in [-0.1, -0.05) is 12.1 Å². The van der Waals surface area contributed by atoms with E-state index in [1.807, 2.05) is 45.0 Å². The Morgan fingerprint density at radius 3 is 2.61 bits per heavy atom. The molecule has 1 aromatic carbocycles. The third-order valence-electron chi connectivity index (χ3n) is 5.68. The summed E-state index contributed by atoms with van der Waals surface area (Å²) in [6, 6.07) is 7.47. The van der Waals surface area contributed by atoms with Crippen LogP contribution < -0.4 is 9.47 Å². The molecule has 2 atom stereocenters. The van der Waals surface area contributed by atoms with Crippen LogP contribution in [0.2, 0.25) is 0 Å². The van der Waals surface area contributed by atoms with Crippen LogP contribution in [0, 0.1) is 0 Å². The largest absolute Gasteiger partial charge is 0.486 e. The third kappa shape index (κ3) is 3.68. The molecule has 7 nitrogen and oxygen atoms in total. The molecule has 0 N–H and O–H groups in total. The molecule has 152 valence electrons. The minimum absolute atomic E-state index is 0.0512. The van der Waals surface area contributed by atoms with Gasteiger partial charge in [0.15, 0.2) is 11.5 Å². The lowest BCUT2D eigenvalue weighted by molar-refractivity contribution is -0.127. The van der Waals surface area contributed by atoms with Crippen LogP contribution in [0.3, 0.4) is 0 Å². The molecular weight excluding hydrogens is 358 g/mol. The molecule has 3 aliphatic rings. The average Bonchev–Trinajstić information content (AvgIpc) is 2.96. The Hall–Kier alpha value is -2.28. The number of carbonyl (C=O) groups excluding carboxylic acids is 2. The fraction of sp³-hybridized carbons (Fsp3) is 0.619. The van der Waals surface area contributed by atoms with E-state index in [1.54, 1.807) is 4.90 Å². The van der Waals surface area contributed by atoms with Crippen LogP contribution in [-0.4, -0.2) is 77.1 Å². The minimum atomic E-state index is -0.351. The number of hydrogen-bond donors (Lipinski definition) is 0. The molecule has 0 spiro atoms. The zero-order chi connectivity index (χ0) is 19.9. The number of imide groups is 1. The average molecular weight is 387 g/mol. The molecule has 2 fully saturated rings. The van der Waals surface area contributed by atoms with Gasteiger partial charge >= 0.3 is 6.03 Å². The van der Waals surface area contributed by atoms with Crippen LogP contribution in [0.25, 0.3) is 0 Å². The van der Waals surface area contributed by atoms with Gasteiger partial charge in [0.05, 0.1) is 6.04 Å². The van der Waals surface area contributed by atoms with Gasteiger partial charge in [0.2, 0.25) is 0 Å². The van der Waals surface area contributed by atoms with E-state index < -0.39 is 0 Å². The summed E-state index contributed by atoms with van der Waals surface area (Å²) >= 11 is 0. The van der Waals surface area contributed by atoms with Gasteiger partial charge in [-0.15, -0.1) is 0 Å². The van der Waals surface area contributed by atoms with Crippen LogP contribution in [0.4, 0.5) is 4.79 Å². The quantitative estimate of drug-likeness (QED) is 0.745. The van der Waals surface area contributed by atoms with E-state index in [4.69, 9.17) is 9.47 Å². The van der Waals surface area contributed by atoms with Crippen molar-refractivity contribution in [1.29, 1.82) is 0 Å². The van der Waals surface area contributed by atoms with Gasteiger partial charge in [-0.2, -0.15) is 0 Å². The Bertz CT molecular complexity index is 760. The van der Waals surface area contributed by atoms with E-state index in [0.717, 1.165) is 37.4 Å². The second-order valence-electron chi connectivity index (χ2n) is 8.86. The number of benzene rings is 1. The van der Waals surface area contributed by atoms with Gasteiger partial charge in [-0.05, 0) is 52.3 Å². The molecule has 0 radical (unpaired) electrons.